The number of nitrogens with zero attached hydrogens (tertiary/aromatic N) is 1. The SMILES string of the molecule is CC(C)(CCN)NC(=O)c1ccc(C(F)(F)F)cn1. The van der Waals surface area contributed by atoms with Gasteiger partial charge in [-0.15, -0.1) is 0 Å². The lowest BCUT2D eigenvalue weighted by atomic mass is 10.0. The van der Waals surface area contributed by atoms with Crippen LogP contribution >= 0.6 is 0 Å². The Bertz CT molecular complexity index is 441. The van der Waals surface area contributed by atoms with Gasteiger partial charge in [-0.25, -0.2) is 0 Å². The van der Waals surface area contributed by atoms with Crippen molar-refractivity contribution in [2.45, 2.75) is 32.0 Å². The van der Waals surface area contributed by atoms with Gasteiger partial charge in [0.25, 0.3) is 5.91 Å². The first-order chi connectivity index (χ1) is 8.65. The van der Waals surface area contributed by atoms with Crippen LogP contribution in [-0.4, -0.2) is 23.0 Å². The summed E-state index contributed by atoms with van der Waals surface area (Å²) in [5.74, 6) is -0.521. The summed E-state index contributed by atoms with van der Waals surface area (Å²) in [6.07, 6.45) is -3.26. The first-order valence-electron chi connectivity index (χ1n) is 5.71. The maximum Gasteiger partial charge on any atom is 0.417 e. The summed E-state index contributed by atoms with van der Waals surface area (Å²) in [6, 6.07) is 1.88. The molecule has 0 saturated carbocycles. The summed E-state index contributed by atoms with van der Waals surface area (Å²) in [7, 11) is 0. The van der Waals surface area contributed by atoms with Crippen molar-refractivity contribution in [3.63, 3.8) is 0 Å². The van der Waals surface area contributed by atoms with Crippen LogP contribution in [0.25, 0.3) is 0 Å². The molecule has 3 N–H and O–H groups in total. The molecule has 106 valence electrons. The normalized spacial score (nSPS) is 12.3. The number of pyridine rings is 1. The summed E-state index contributed by atoms with van der Waals surface area (Å²) in [5, 5.41) is 2.67. The van der Waals surface area contributed by atoms with Gasteiger partial charge in [-0.1, -0.05) is 0 Å². The number of halogens is 3. The molecule has 4 nitrogen and oxygen atoms in total. The van der Waals surface area contributed by atoms with Crippen LogP contribution in [0.1, 0.15) is 36.3 Å². The van der Waals surface area contributed by atoms with Gasteiger partial charge < -0.3 is 11.1 Å². The van der Waals surface area contributed by atoms with Crippen molar-refractivity contribution in [3.05, 3.63) is 29.6 Å². The molecule has 0 saturated heterocycles. The van der Waals surface area contributed by atoms with Crippen LogP contribution in [-0.2, 0) is 6.18 Å². The molecular formula is C12H16F3N3O. The topological polar surface area (TPSA) is 68.0 Å². The van der Waals surface area contributed by atoms with Crippen LogP contribution in [0.3, 0.4) is 0 Å². The lowest BCUT2D eigenvalue weighted by Crippen LogP contribution is -2.45. The molecule has 7 heteroatoms. The van der Waals surface area contributed by atoms with E-state index >= 15 is 0 Å². The number of amides is 1. The number of carbonyl (C=O) groups is 1. The highest BCUT2D eigenvalue weighted by molar-refractivity contribution is 5.92. The fourth-order valence-corrected chi connectivity index (χ4v) is 1.49. The Morgan fingerprint density at radius 2 is 2.00 bits per heavy atom. The van der Waals surface area contributed by atoms with E-state index in [-0.39, 0.29) is 5.69 Å². The highest BCUT2D eigenvalue weighted by atomic mass is 19.4. The van der Waals surface area contributed by atoms with Gasteiger partial charge in [0.05, 0.1) is 5.56 Å². The third kappa shape index (κ3) is 4.51. The molecule has 0 aliphatic rings. The van der Waals surface area contributed by atoms with E-state index in [1.165, 1.54) is 0 Å². The van der Waals surface area contributed by atoms with Crippen molar-refractivity contribution in [1.82, 2.24) is 10.3 Å². The Balaban J connectivity index is 2.79. The molecule has 0 unspecified atom stereocenters. The zero-order chi connectivity index (χ0) is 14.7. The van der Waals surface area contributed by atoms with Crippen LogP contribution in [0.5, 0.6) is 0 Å². The number of nitrogens with two attached hydrogens (primary N) is 1. The smallest absolute Gasteiger partial charge is 0.346 e. The van der Waals surface area contributed by atoms with E-state index in [0.717, 1.165) is 12.1 Å². The summed E-state index contributed by atoms with van der Waals surface area (Å²) in [4.78, 5) is 15.3. The number of carbonyl (C=O) groups excluding carboxylic acids is 1. The van der Waals surface area contributed by atoms with Gasteiger partial charge in [-0.2, -0.15) is 13.2 Å². The van der Waals surface area contributed by atoms with Crippen LogP contribution in [0.2, 0.25) is 0 Å². The van der Waals surface area contributed by atoms with Gasteiger partial charge in [0.2, 0.25) is 0 Å². The Morgan fingerprint density at radius 3 is 2.42 bits per heavy atom. The quantitative estimate of drug-likeness (QED) is 0.882. The van der Waals surface area contributed by atoms with E-state index in [9.17, 15) is 18.0 Å². The van der Waals surface area contributed by atoms with Crippen molar-refractivity contribution in [3.8, 4) is 0 Å². The zero-order valence-electron chi connectivity index (χ0n) is 10.7. The average molecular weight is 275 g/mol. The minimum Gasteiger partial charge on any atom is -0.346 e. The van der Waals surface area contributed by atoms with Crippen molar-refractivity contribution in [2.24, 2.45) is 5.73 Å². The van der Waals surface area contributed by atoms with Crippen LogP contribution in [0.4, 0.5) is 13.2 Å². The Labute approximate surface area is 109 Å². The molecular weight excluding hydrogens is 259 g/mol. The third-order valence-corrected chi connectivity index (χ3v) is 2.54. The van der Waals surface area contributed by atoms with Crippen LogP contribution < -0.4 is 11.1 Å². The molecule has 0 radical (unpaired) electrons. The van der Waals surface area contributed by atoms with Gasteiger partial charge in [-0.05, 0) is 38.9 Å². The van der Waals surface area contributed by atoms with Crippen molar-refractivity contribution >= 4 is 5.91 Å². The number of nitrogens with one attached hydrogen (secondary N) is 1. The monoisotopic (exact) mass is 275 g/mol. The molecule has 0 aliphatic carbocycles. The van der Waals surface area contributed by atoms with Gasteiger partial charge >= 0.3 is 6.18 Å². The second kappa shape index (κ2) is 5.56. The molecule has 0 aliphatic heterocycles. The fourth-order valence-electron chi connectivity index (χ4n) is 1.49. The molecule has 1 amide bonds. The molecule has 1 rings (SSSR count). The maximum absolute atomic E-state index is 12.3. The predicted octanol–water partition coefficient (Wildman–Crippen LogP) is 1.96. The first kappa shape index (κ1) is 15.4. The summed E-state index contributed by atoms with van der Waals surface area (Å²) in [6.45, 7) is 3.96. The van der Waals surface area contributed by atoms with E-state index < -0.39 is 23.2 Å². The first-order valence-corrected chi connectivity index (χ1v) is 5.71. The van der Waals surface area contributed by atoms with E-state index in [0.29, 0.717) is 19.2 Å². The molecule has 0 bridgehead atoms. The minimum absolute atomic E-state index is 0.0573. The van der Waals surface area contributed by atoms with Gasteiger partial charge in [0, 0.05) is 11.7 Å². The number of alkyl halides is 3. The lowest BCUT2D eigenvalue weighted by molar-refractivity contribution is -0.137. The van der Waals surface area contributed by atoms with Gasteiger partial charge in [-0.3, -0.25) is 9.78 Å². The summed E-state index contributed by atoms with van der Waals surface area (Å²) >= 11 is 0. The van der Waals surface area contributed by atoms with Crippen molar-refractivity contribution < 1.29 is 18.0 Å². The predicted molar refractivity (Wildman–Crippen MR) is 64.5 cm³/mol. The second-order valence-electron chi connectivity index (χ2n) is 4.81. The number of hydrogen-bond donors (Lipinski definition) is 2. The third-order valence-electron chi connectivity index (χ3n) is 2.54. The molecule has 19 heavy (non-hydrogen) atoms. The summed E-state index contributed by atoms with van der Waals surface area (Å²) in [5.41, 5.74) is 3.93. The van der Waals surface area contributed by atoms with Crippen LogP contribution in [0.15, 0.2) is 18.3 Å². The van der Waals surface area contributed by atoms with Gasteiger partial charge in [0.15, 0.2) is 0 Å². The zero-order valence-corrected chi connectivity index (χ0v) is 10.7. The number of aromatic nitrogens is 1. The maximum atomic E-state index is 12.3. The fraction of sp³-hybridized carbons (Fsp3) is 0.500. The number of hydrogen-bond acceptors (Lipinski definition) is 3. The highest BCUT2D eigenvalue weighted by Gasteiger charge is 2.31. The number of rotatable bonds is 4. The lowest BCUT2D eigenvalue weighted by Gasteiger charge is -2.25. The summed E-state index contributed by atoms with van der Waals surface area (Å²) < 4.78 is 37.0. The van der Waals surface area contributed by atoms with Crippen LogP contribution in [0, 0.1) is 0 Å². The standard InChI is InChI=1S/C12H16F3N3O/c1-11(2,5-6-16)18-10(19)9-4-3-8(7-17-9)12(13,14)15/h3-4,7H,5-6,16H2,1-2H3,(H,18,19). The second-order valence-corrected chi connectivity index (χ2v) is 4.81. The minimum atomic E-state index is -4.46. The van der Waals surface area contributed by atoms with E-state index in [4.69, 9.17) is 5.73 Å². The molecule has 0 fully saturated rings. The Hall–Kier alpha value is -1.63. The molecule has 1 aromatic heterocycles. The largest absolute Gasteiger partial charge is 0.417 e. The van der Waals surface area contributed by atoms with E-state index in [2.05, 4.69) is 10.3 Å². The highest BCUT2D eigenvalue weighted by Crippen LogP contribution is 2.28. The van der Waals surface area contributed by atoms with Crippen molar-refractivity contribution in [2.75, 3.05) is 6.54 Å². The molecule has 1 aromatic rings. The van der Waals surface area contributed by atoms with Crippen molar-refractivity contribution in [1.29, 1.82) is 0 Å². The van der Waals surface area contributed by atoms with Gasteiger partial charge in [0.1, 0.15) is 5.69 Å². The Morgan fingerprint density at radius 1 is 1.37 bits per heavy atom. The molecule has 1 heterocycles. The van der Waals surface area contributed by atoms with E-state index in [1.807, 2.05) is 0 Å². The Kier molecular flexibility index (Phi) is 4.52. The molecule has 0 atom stereocenters. The van der Waals surface area contributed by atoms with E-state index in [1.54, 1.807) is 13.8 Å². The average Bonchev–Trinajstić information content (AvgIpc) is 2.27. The molecule has 0 aromatic carbocycles. The molecule has 0 spiro atoms.